The summed E-state index contributed by atoms with van der Waals surface area (Å²) in [7, 11) is 0. The number of aryl methyl sites for hydroxylation is 2. The predicted octanol–water partition coefficient (Wildman–Crippen LogP) is 3.60. The summed E-state index contributed by atoms with van der Waals surface area (Å²) in [4.78, 5) is 22.2. The van der Waals surface area contributed by atoms with Crippen LogP contribution in [-0.4, -0.2) is 22.8 Å². The first-order chi connectivity index (χ1) is 12.0. The first-order valence-corrected chi connectivity index (χ1v) is 8.81. The minimum Gasteiger partial charge on any atom is -0.272 e. The van der Waals surface area contributed by atoms with Crippen LogP contribution in [0.25, 0.3) is 0 Å². The van der Waals surface area contributed by atoms with E-state index in [4.69, 9.17) is 0 Å². The maximum absolute atomic E-state index is 11.8. The molecule has 0 radical (unpaired) electrons. The Morgan fingerprint density at radius 1 is 1.24 bits per heavy atom. The molecule has 7 heteroatoms. The standard InChI is InChI=1S/C18H19N3O3S/c1-13-7-14(2)9-15(8-13)11-25-12-18(22)20-19-10-16-5-3-4-6-17(16)21(23)24/h3-10H,11-12H2,1-2H3,(H,20,22)/b19-10-. The smallest absolute Gasteiger partial charge is 0.272 e. The van der Waals surface area contributed by atoms with Gasteiger partial charge in [0.25, 0.3) is 5.69 Å². The minimum absolute atomic E-state index is 0.0512. The van der Waals surface area contributed by atoms with Crippen LogP contribution < -0.4 is 5.43 Å². The maximum atomic E-state index is 11.8. The molecule has 0 heterocycles. The number of hydrogen-bond acceptors (Lipinski definition) is 5. The third-order valence-corrected chi connectivity index (χ3v) is 4.31. The highest BCUT2D eigenvalue weighted by Gasteiger charge is 2.10. The number of nitro groups is 1. The lowest BCUT2D eigenvalue weighted by Gasteiger charge is -2.04. The van der Waals surface area contributed by atoms with Gasteiger partial charge in [-0.25, -0.2) is 5.43 Å². The van der Waals surface area contributed by atoms with Gasteiger partial charge in [0.1, 0.15) is 0 Å². The number of nitro benzene ring substituents is 1. The van der Waals surface area contributed by atoms with Gasteiger partial charge in [0.05, 0.1) is 22.5 Å². The fourth-order valence-corrected chi connectivity index (χ4v) is 3.14. The zero-order chi connectivity index (χ0) is 18.2. The van der Waals surface area contributed by atoms with Crippen LogP contribution >= 0.6 is 11.8 Å². The van der Waals surface area contributed by atoms with Crippen LogP contribution in [0, 0.1) is 24.0 Å². The number of benzene rings is 2. The monoisotopic (exact) mass is 357 g/mol. The third-order valence-electron chi connectivity index (χ3n) is 3.31. The summed E-state index contributed by atoms with van der Waals surface area (Å²) < 4.78 is 0. The first-order valence-electron chi connectivity index (χ1n) is 7.66. The first kappa shape index (κ1) is 18.7. The average molecular weight is 357 g/mol. The minimum atomic E-state index is -0.483. The number of para-hydroxylation sites is 1. The van der Waals surface area contributed by atoms with Crippen molar-refractivity contribution < 1.29 is 9.72 Å². The number of nitrogens with one attached hydrogen (secondary N) is 1. The van der Waals surface area contributed by atoms with Crippen LogP contribution in [0.15, 0.2) is 47.6 Å². The van der Waals surface area contributed by atoms with Crippen LogP contribution in [0.3, 0.4) is 0 Å². The van der Waals surface area contributed by atoms with E-state index in [-0.39, 0.29) is 17.3 Å². The van der Waals surface area contributed by atoms with Crippen molar-refractivity contribution in [1.82, 2.24) is 5.43 Å². The van der Waals surface area contributed by atoms with Gasteiger partial charge in [-0.3, -0.25) is 14.9 Å². The van der Waals surface area contributed by atoms with E-state index in [1.807, 2.05) is 13.8 Å². The van der Waals surface area contributed by atoms with Crippen molar-refractivity contribution in [2.75, 3.05) is 5.75 Å². The Labute approximate surface area is 150 Å². The number of carbonyl (C=O) groups is 1. The zero-order valence-corrected chi connectivity index (χ0v) is 14.9. The fraction of sp³-hybridized carbons (Fsp3) is 0.222. The molecular formula is C18H19N3O3S. The third kappa shape index (κ3) is 6.04. The topological polar surface area (TPSA) is 84.6 Å². The van der Waals surface area contributed by atoms with Crippen molar-refractivity contribution in [2.45, 2.75) is 19.6 Å². The Balaban J connectivity index is 1.82. The van der Waals surface area contributed by atoms with Gasteiger partial charge >= 0.3 is 0 Å². The Bertz CT molecular complexity index is 786. The predicted molar refractivity (Wildman–Crippen MR) is 101 cm³/mol. The molecular weight excluding hydrogens is 338 g/mol. The number of amides is 1. The van der Waals surface area contributed by atoms with Gasteiger partial charge in [0, 0.05) is 11.8 Å². The van der Waals surface area contributed by atoms with Crippen LogP contribution in [0.5, 0.6) is 0 Å². The van der Waals surface area contributed by atoms with E-state index in [0.29, 0.717) is 5.56 Å². The summed E-state index contributed by atoms with van der Waals surface area (Å²) in [5.74, 6) is 0.759. The normalized spacial score (nSPS) is 10.8. The van der Waals surface area contributed by atoms with E-state index in [0.717, 1.165) is 5.75 Å². The summed E-state index contributed by atoms with van der Waals surface area (Å²) in [5, 5.41) is 14.7. The van der Waals surface area contributed by atoms with Crippen molar-refractivity contribution in [3.63, 3.8) is 0 Å². The molecule has 0 aliphatic carbocycles. The second-order valence-corrected chi connectivity index (χ2v) is 6.58. The Hall–Kier alpha value is -2.67. The van der Waals surface area contributed by atoms with E-state index in [9.17, 15) is 14.9 Å². The molecule has 0 aliphatic heterocycles. The molecule has 0 spiro atoms. The van der Waals surface area contributed by atoms with Crippen molar-refractivity contribution in [1.29, 1.82) is 0 Å². The van der Waals surface area contributed by atoms with Gasteiger partial charge in [0.2, 0.25) is 5.91 Å². The molecule has 2 rings (SSSR count). The molecule has 2 aromatic rings. The van der Waals surface area contributed by atoms with Gasteiger partial charge in [-0.2, -0.15) is 5.10 Å². The molecule has 1 N–H and O–H groups in total. The number of rotatable bonds is 7. The Morgan fingerprint density at radius 3 is 2.60 bits per heavy atom. The van der Waals surface area contributed by atoms with E-state index >= 15 is 0 Å². The van der Waals surface area contributed by atoms with Crippen molar-refractivity contribution >= 4 is 29.6 Å². The molecule has 0 saturated heterocycles. The summed E-state index contributed by atoms with van der Waals surface area (Å²) in [6, 6.07) is 12.5. The van der Waals surface area contributed by atoms with E-state index in [1.165, 1.54) is 40.7 Å². The highest BCUT2D eigenvalue weighted by atomic mass is 32.2. The lowest BCUT2D eigenvalue weighted by Crippen LogP contribution is -2.19. The van der Waals surface area contributed by atoms with Gasteiger partial charge in [0.15, 0.2) is 0 Å². The molecule has 1 amide bonds. The lowest BCUT2D eigenvalue weighted by atomic mass is 10.1. The van der Waals surface area contributed by atoms with Crippen molar-refractivity contribution in [2.24, 2.45) is 5.10 Å². The van der Waals surface area contributed by atoms with E-state index in [2.05, 4.69) is 28.7 Å². The molecule has 25 heavy (non-hydrogen) atoms. The van der Waals surface area contributed by atoms with Gasteiger partial charge in [-0.15, -0.1) is 11.8 Å². The van der Waals surface area contributed by atoms with Crippen LogP contribution in [0.4, 0.5) is 5.69 Å². The quantitative estimate of drug-likeness (QED) is 0.466. The second-order valence-electron chi connectivity index (χ2n) is 5.60. The molecule has 0 saturated carbocycles. The average Bonchev–Trinajstić information content (AvgIpc) is 2.54. The van der Waals surface area contributed by atoms with Crippen LogP contribution in [-0.2, 0) is 10.5 Å². The molecule has 0 unspecified atom stereocenters. The molecule has 0 bridgehead atoms. The number of nitrogens with zero attached hydrogens (tertiary/aromatic N) is 2. The lowest BCUT2D eigenvalue weighted by molar-refractivity contribution is -0.385. The van der Waals surface area contributed by atoms with Crippen molar-refractivity contribution in [3.05, 3.63) is 74.8 Å². The number of hydrogen-bond donors (Lipinski definition) is 1. The maximum Gasteiger partial charge on any atom is 0.278 e. The number of thioether (sulfide) groups is 1. The largest absolute Gasteiger partial charge is 0.278 e. The van der Waals surface area contributed by atoms with Gasteiger partial charge in [-0.1, -0.05) is 41.5 Å². The molecule has 130 valence electrons. The Morgan fingerprint density at radius 2 is 1.92 bits per heavy atom. The summed E-state index contributed by atoms with van der Waals surface area (Å²) >= 11 is 1.49. The molecule has 0 aromatic heterocycles. The summed E-state index contributed by atoms with van der Waals surface area (Å²) in [5.41, 5.74) is 6.27. The van der Waals surface area contributed by atoms with E-state index in [1.54, 1.807) is 18.2 Å². The summed E-state index contributed by atoms with van der Waals surface area (Å²) in [6.07, 6.45) is 1.28. The van der Waals surface area contributed by atoms with Gasteiger partial charge in [-0.05, 0) is 25.5 Å². The number of hydrazone groups is 1. The SMILES string of the molecule is Cc1cc(C)cc(CSCC(=O)N/N=C\c2ccccc2[N+](=O)[O-])c1. The number of carbonyl (C=O) groups excluding carboxylic acids is 1. The molecule has 0 atom stereocenters. The zero-order valence-electron chi connectivity index (χ0n) is 14.1. The highest BCUT2D eigenvalue weighted by Crippen LogP contribution is 2.16. The van der Waals surface area contributed by atoms with E-state index < -0.39 is 4.92 Å². The molecule has 0 fully saturated rings. The second kappa shape index (κ2) is 8.98. The van der Waals surface area contributed by atoms with Crippen LogP contribution in [0.2, 0.25) is 0 Å². The molecule has 2 aromatic carbocycles. The van der Waals surface area contributed by atoms with Crippen molar-refractivity contribution in [3.8, 4) is 0 Å². The highest BCUT2D eigenvalue weighted by molar-refractivity contribution is 7.99. The van der Waals surface area contributed by atoms with Crippen LogP contribution in [0.1, 0.15) is 22.3 Å². The molecule has 6 nitrogen and oxygen atoms in total. The Kier molecular flexibility index (Phi) is 6.71. The molecule has 0 aliphatic rings. The fourth-order valence-electron chi connectivity index (χ4n) is 2.38. The summed E-state index contributed by atoms with van der Waals surface area (Å²) in [6.45, 7) is 4.09. The van der Waals surface area contributed by atoms with Gasteiger partial charge < -0.3 is 0 Å².